The molecule has 7 nitrogen and oxygen atoms in total. The van der Waals surface area contributed by atoms with Crippen LogP contribution in [-0.2, 0) is 10.0 Å². The highest BCUT2D eigenvalue weighted by Gasteiger charge is 2.15. The SMILES string of the molecule is O=S(=O)(Nc1ccc(Nc2ccc3c(c2)OCCO3)nc1)c1cccs1. The van der Waals surface area contributed by atoms with Crippen molar-refractivity contribution in [1.29, 1.82) is 0 Å². The highest BCUT2D eigenvalue weighted by molar-refractivity contribution is 7.94. The second-order valence-electron chi connectivity index (χ2n) is 5.45. The van der Waals surface area contributed by atoms with Gasteiger partial charge in [0.05, 0.1) is 11.9 Å². The number of ether oxygens (including phenoxy) is 2. The molecule has 3 heterocycles. The Labute approximate surface area is 154 Å². The number of benzene rings is 1. The molecular formula is C17H15N3O4S2. The average molecular weight is 389 g/mol. The van der Waals surface area contributed by atoms with Crippen LogP contribution in [0.5, 0.6) is 11.5 Å². The zero-order chi connectivity index (χ0) is 18.0. The van der Waals surface area contributed by atoms with E-state index in [4.69, 9.17) is 9.47 Å². The molecule has 2 aromatic heterocycles. The summed E-state index contributed by atoms with van der Waals surface area (Å²) in [6, 6.07) is 12.1. The van der Waals surface area contributed by atoms with Crippen molar-refractivity contribution < 1.29 is 17.9 Å². The largest absolute Gasteiger partial charge is 0.486 e. The van der Waals surface area contributed by atoms with E-state index in [1.54, 1.807) is 29.6 Å². The third-order valence-corrected chi connectivity index (χ3v) is 6.37. The van der Waals surface area contributed by atoms with Crippen LogP contribution >= 0.6 is 11.3 Å². The summed E-state index contributed by atoms with van der Waals surface area (Å²) in [5.41, 5.74) is 1.19. The van der Waals surface area contributed by atoms with E-state index in [1.807, 2.05) is 18.2 Å². The fourth-order valence-corrected chi connectivity index (χ4v) is 4.46. The fourth-order valence-electron chi connectivity index (χ4n) is 2.42. The number of sulfonamides is 1. The number of rotatable bonds is 5. The van der Waals surface area contributed by atoms with E-state index in [-0.39, 0.29) is 4.21 Å². The molecule has 1 aliphatic rings. The first-order valence-corrected chi connectivity index (χ1v) is 10.2. The number of anilines is 3. The maximum atomic E-state index is 12.2. The minimum atomic E-state index is -3.57. The van der Waals surface area contributed by atoms with Gasteiger partial charge in [-0.1, -0.05) is 6.07 Å². The quantitative estimate of drug-likeness (QED) is 0.695. The van der Waals surface area contributed by atoms with Crippen molar-refractivity contribution in [1.82, 2.24) is 4.98 Å². The topological polar surface area (TPSA) is 89.6 Å². The molecule has 0 radical (unpaired) electrons. The smallest absolute Gasteiger partial charge is 0.271 e. The molecule has 0 fully saturated rings. The van der Waals surface area contributed by atoms with Crippen LogP contribution in [0.2, 0.25) is 0 Å². The van der Waals surface area contributed by atoms with Crippen molar-refractivity contribution in [3.63, 3.8) is 0 Å². The van der Waals surface area contributed by atoms with Gasteiger partial charge in [0.2, 0.25) is 0 Å². The Kier molecular flexibility index (Phi) is 4.39. The van der Waals surface area contributed by atoms with Gasteiger partial charge in [0.25, 0.3) is 10.0 Å². The van der Waals surface area contributed by atoms with Crippen LogP contribution in [0, 0.1) is 0 Å². The first kappa shape index (κ1) is 16.7. The van der Waals surface area contributed by atoms with Crippen LogP contribution in [0.25, 0.3) is 0 Å². The standard InChI is InChI=1S/C17H15N3O4S2/c21-26(22,17-2-1-9-25-17)20-13-4-6-16(18-11-13)19-12-3-5-14-15(10-12)24-8-7-23-14/h1-6,9-11,20H,7-8H2,(H,18,19). The predicted molar refractivity (Wildman–Crippen MR) is 100 cm³/mol. The van der Waals surface area contributed by atoms with Crippen molar-refractivity contribution >= 4 is 38.6 Å². The lowest BCUT2D eigenvalue weighted by atomic mass is 10.2. The maximum Gasteiger partial charge on any atom is 0.271 e. The molecule has 3 aromatic rings. The normalized spacial score (nSPS) is 13.2. The van der Waals surface area contributed by atoms with Gasteiger partial charge in [0.1, 0.15) is 23.2 Å². The molecule has 0 unspecified atom stereocenters. The van der Waals surface area contributed by atoms with Crippen molar-refractivity contribution in [2.24, 2.45) is 0 Å². The highest BCUT2D eigenvalue weighted by Crippen LogP contribution is 2.33. The summed E-state index contributed by atoms with van der Waals surface area (Å²) in [5.74, 6) is 1.98. The van der Waals surface area contributed by atoms with Crippen molar-refractivity contribution in [3.8, 4) is 11.5 Å². The molecule has 1 aliphatic heterocycles. The number of pyridine rings is 1. The Morgan fingerprint density at radius 3 is 2.54 bits per heavy atom. The third-order valence-electron chi connectivity index (χ3n) is 3.59. The number of nitrogens with zero attached hydrogens (tertiary/aromatic N) is 1. The molecule has 0 aliphatic carbocycles. The first-order valence-electron chi connectivity index (χ1n) is 7.79. The lowest BCUT2D eigenvalue weighted by molar-refractivity contribution is 0.171. The monoisotopic (exact) mass is 389 g/mol. The summed E-state index contributed by atoms with van der Waals surface area (Å²) >= 11 is 1.16. The van der Waals surface area contributed by atoms with E-state index in [2.05, 4.69) is 15.0 Å². The van der Waals surface area contributed by atoms with E-state index in [0.717, 1.165) is 17.0 Å². The Morgan fingerprint density at radius 2 is 1.81 bits per heavy atom. The fraction of sp³-hybridized carbons (Fsp3) is 0.118. The lowest BCUT2D eigenvalue weighted by Gasteiger charge is -2.19. The van der Waals surface area contributed by atoms with Crippen LogP contribution in [0.4, 0.5) is 17.2 Å². The van der Waals surface area contributed by atoms with Gasteiger partial charge >= 0.3 is 0 Å². The van der Waals surface area contributed by atoms with Crippen LogP contribution in [-0.4, -0.2) is 26.6 Å². The molecule has 0 amide bonds. The van der Waals surface area contributed by atoms with Crippen LogP contribution in [0.3, 0.4) is 0 Å². The summed E-state index contributed by atoms with van der Waals surface area (Å²) in [6.07, 6.45) is 1.46. The van der Waals surface area contributed by atoms with Gasteiger partial charge in [-0.3, -0.25) is 4.72 Å². The summed E-state index contributed by atoms with van der Waals surface area (Å²) in [5, 5.41) is 4.87. The summed E-state index contributed by atoms with van der Waals surface area (Å²) in [6.45, 7) is 1.07. The average Bonchev–Trinajstić information content (AvgIpc) is 3.19. The van der Waals surface area contributed by atoms with Gasteiger partial charge in [0, 0.05) is 11.8 Å². The molecule has 0 spiro atoms. The number of thiophene rings is 1. The second-order valence-corrected chi connectivity index (χ2v) is 8.31. The van der Waals surface area contributed by atoms with Crippen LogP contribution < -0.4 is 19.5 Å². The Balaban J connectivity index is 1.46. The van der Waals surface area contributed by atoms with Crippen LogP contribution in [0.1, 0.15) is 0 Å². The predicted octanol–water partition coefficient (Wildman–Crippen LogP) is 3.46. The summed E-state index contributed by atoms with van der Waals surface area (Å²) < 4.78 is 38.2. The molecule has 4 rings (SSSR count). The minimum Gasteiger partial charge on any atom is -0.486 e. The van der Waals surface area contributed by atoms with Gasteiger partial charge < -0.3 is 14.8 Å². The van der Waals surface area contributed by atoms with Crippen LogP contribution in [0.15, 0.2) is 58.3 Å². The van der Waals surface area contributed by atoms with Gasteiger partial charge in [-0.2, -0.15) is 0 Å². The molecule has 0 saturated carbocycles. The van der Waals surface area contributed by atoms with E-state index in [1.165, 1.54) is 6.20 Å². The van der Waals surface area contributed by atoms with E-state index in [9.17, 15) is 8.42 Å². The molecule has 0 saturated heterocycles. The first-order chi connectivity index (χ1) is 12.6. The zero-order valence-electron chi connectivity index (χ0n) is 13.5. The third kappa shape index (κ3) is 3.58. The van der Waals surface area contributed by atoms with Gasteiger partial charge in [-0.15, -0.1) is 11.3 Å². The number of hydrogen-bond donors (Lipinski definition) is 2. The number of nitrogens with one attached hydrogen (secondary N) is 2. The molecule has 26 heavy (non-hydrogen) atoms. The van der Waals surface area contributed by atoms with Gasteiger partial charge in [0.15, 0.2) is 11.5 Å². The summed E-state index contributed by atoms with van der Waals surface area (Å²) in [7, 11) is -3.57. The van der Waals surface area contributed by atoms with Crippen molar-refractivity contribution in [2.75, 3.05) is 23.3 Å². The van der Waals surface area contributed by atoms with Crippen molar-refractivity contribution in [3.05, 3.63) is 54.0 Å². The Morgan fingerprint density at radius 1 is 1.00 bits per heavy atom. The molecule has 134 valence electrons. The minimum absolute atomic E-state index is 0.260. The second kappa shape index (κ2) is 6.85. The molecule has 9 heteroatoms. The Bertz CT molecular complexity index is 1000. The van der Waals surface area contributed by atoms with Crippen molar-refractivity contribution in [2.45, 2.75) is 4.21 Å². The number of aromatic nitrogens is 1. The Hall–Kier alpha value is -2.78. The molecular weight excluding hydrogens is 374 g/mol. The lowest BCUT2D eigenvalue weighted by Crippen LogP contribution is -2.15. The zero-order valence-corrected chi connectivity index (χ0v) is 15.1. The van der Waals surface area contributed by atoms with Gasteiger partial charge in [-0.05, 0) is 35.7 Å². The molecule has 2 N–H and O–H groups in total. The van der Waals surface area contributed by atoms with E-state index >= 15 is 0 Å². The van der Waals surface area contributed by atoms with Gasteiger partial charge in [-0.25, -0.2) is 13.4 Å². The molecule has 1 aromatic carbocycles. The maximum absolute atomic E-state index is 12.2. The van der Waals surface area contributed by atoms with E-state index in [0.29, 0.717) is 36.2 Å². The highest BCUT2D eigenvalue weighted by atomic mass is 32.2. The number of fused-ring (bicyclic) bond motifs is 1. The molecule has 0 atom stereocenters. The van der Waals surface area contributed by atoms with E-state index < -0.39 is 10.0 Å². The molecule has 0 bridgehead atoms. The summed E-state index contributed by atoms with van der Waals surface area (Å²) in [4.78, 5) is 4.24. The number of hydrogen-bond acceptors (Lipinski definition) is 7.